The quantitative estimate of drug-likeness (QED) is 0.728. The Morgan fingerprint density at radius 2 is 1.60 bits per heavy atom. The molecule has 1 aliphatic rings. The van der Waals surface area contributed by atoms with Crippen LogP contribution < -0.4 is 10.6 Å². The standard InChI is InChI=1S/C20H16F3N3O4/c1-11(26-17(28)14-7-2-3-8-15(14)18(26)29)16(27)24-10-12-5-4-6-13(9-12)25-19(30)20(21,22)23/h2-9,11H,10H2,1H3,(H,24,27)(H,25,30). The molecule has 3 rings (SSSR count). The number of fused-ring (bicyclic) bond motifs is 1. The zero-order chi connectivity index (χ0) is 22.1. The topological polar surface area (TPSA) is 95.6 Å². The van der Waals surface area contributed by atoms with E-state index in [-0.39, 0.29) is 23.4 Å². The molecule has 0 fully saturated rings. The van der Waals surface area contributed by atoms with E-state index >= 15 is 0 Å². The van der Waals surface area contributed by atoms with Gasteiger partial charge in [0.05, 0.1) is 11.1 Å². The third kappa shape index (κ3) is 4.17. The zero-order valence-corrected chi connectivity index (χ0v) is 15.6. The van der Waals surface area contributed by atoms with Crippen molar-refractivity contribution >= 4 is 29.3 Å². The Balaban J connectivity index is 1.64. The van der Waals surface area contributed by atoms with Crippen LogP contribution >= 0.6 is 0 Å². The molecule has 1 heterocycles. The minimum atomic E-state index is -5.02. The third-order valence-corrected chi connectivity index (χ3v) is 4.50. The summed E-state index contributed by atoms with van der Waals surface area (Å²) in [5.74, 6) is -3.87. The van der Waals surface area contributed by atoms with Crippen molar-refractivity contribution in [3.05, 3.63) is 65.2 Å². The second-order valence-corrected chi connectivity index (χ2v) is 6.57. The number of halogens is 3. The maximum atomic E-state index is 12.5. The number of benzene rings is 2. The summed E-state index contributed by atoms with van der Waals surface area (Å²) in [6.07, 6.45) is -5.02. The summed E-state index contributed by atoms with van der Waals surface area (Å²) < 4.78 is 37.1. The lowest BCUT2D eigenvalue weighted by Gasteiger charge is -2.21. The number of carbonyl (C=O) groups is 4. The number of hydrogen-bond donors (Lipinski definition) is 2. The van der Waals surface area contributed by atoms with Gasteiger partial charge in [0.25, 0.3) is 11.8 Å². The van der Waals surface area contributed by atoms with Crippen LogP contribution in [-0.4, -0.2) is 40.7 Å². The minimum absolute atomic E-state index is 0.0813. The van der Waals surface area contributed by atoms with Crippen molar-refractivity contribution < 1.29 is 32.3 Å². The first-order chi connectivity index (χ1) is 14.1. The summed E-state index contributed by atoms with van der Waals surface area (Å²) in [6.45, 7) is 1.32. The van der Waals surface area contributed by atoms with Crippen molar-refractivity contribution in [2.45, 2.75) is 25.7 Å². The van der Waals surface area contributed by atoms with E-state index in [0.717, 1.165) is 4.90 Å². The van der Waals surface area contributed by atoms with E-state index < -0.39 is 35.8 Å². The average Bonchev–Trinajstić information content (AvgIpc) is 2.96. The molecule has 10 heteroatoms. The molecule has 2 aromatic rings. The fourth-order valence-electron chi connectivity index (χ4n) is 2.97. The first-order valence-electron chi connectivity index (χ1n) is 8.81. The number of nitrogens with zero attached hydrogens (tertiary/aromatic N) is 1. The van der Waals surface area contributed by atoms with E-state index in [0.29, 0.717) is 5.56 Å². The zero-order valence-electron chi connectivity index (χ0n) is 15.6. The van der Waals surface area contributed by atoms with E-state index in [1.807, 2.05) is 0 Å². The summed E-state index contributed by atoms with van der Waals surface area (Å²) >= 11 is 0. The van der Waals surface area contributed by atoms with Crippen LogP contribution in [0.1, 0.15) is 33.2 Å². The van der Waals surface area contributed by atoms with Gasteiger partial charge in [0.15, 0.2) is 0 Å². The summed E-state index contributed by atoms with van der Waals surface area (Å²) in [5, 5.41) is 4.26. The van der Waals surface area contributed by atoms with Crippen molar-refractivity contribution in [2.24, 2.45) is 0 Å². The summed E-state index contributed by atoms with van der Waals surface area (Å²) in [5.41, 5.74) is 0.765. The number of imide groups is 1. The highest BCUT2D eigenvalue weighted by atomic mass is 19.4. The Hall–Kier alpha value is -3.69. The maximum Gasteiger partial charge on any atom is 0.471 e. The van der Waals surface area contributed by atoms with Crippen molar-refractivity contribution in [3.63, 3.8) is 0 Å². The predicted octanol–water partition coefficient (Wildman–Crippen LogP) is 2.49. The van der Waals surface area contributed by atoms with Crippen molar-refractivity contribution in [2.75, 3.05) is 5.32 Å². The summed E-state index contributed by atoms with van der Waals surface area (Å²) in [6, 6.07) is 10.6. The molecule has 0 radical (unpaired) electrons. The summed E-state index contributed by atoms with van der Waals surface area (Å²) in [7, 11) is 0. The molecular formula is C20H16F3N3O4. The Morgan fingerprint density at radius 3 is 2.17 bits per heavy atom. The highest BCUT2D eigenvalue weighted by Gasteiger charge is 2.40. The molecule has 0 spiro atoms. The van der Waals surface area contributed by atoms with Gasteiger partial charge in [0.2, 0.25) is 5.91 Å². The second-order valence-electron chi connectivity index (χ2n) is 6.57. The molecule has 1 atom stereocenters. The van der Waals surface area contributed by atoms with Gasteiger partial charge < -0.3 is 10.6 Å². The minimum Gasteiger partial charge on any atom is -0.350 e. The van der Waals surface area contributed by atoms with Gasteiger partial charge in [0.1, 0.15) is 6.04 Å². The molecule has 4 amide bonds. The number of rotatable bonds is 5. The predicted molar refractivity (Wildman–Crippen MR) is 99.4 cm³/mol. The SMILES string of the molecule is CC(C(=O)NCc1cccc(NC(=O)C(F)(F)F)c1)N1C(=O)c2ccccc2C1=O. The molecule has 0 saturated heterocycles. The number of anilines is 1. The lowest BCUT2D eigenvalue weighted by molar-refractivity contribution is -0.167. The van der Waals surface area contributed by atoms with Crippen LogP contribution in [0.5, 0.6) is 0 Å². The van der Waals surface area contributed by atoms with E-state index in [9.17, 15) is 32.3 Å². The Kier molecular flexibility index (Phi) is 5.59. The van der Waals surface area contributed by atoms with Gasteiger partial charge in [-0.15, -0.1) is 0 Å². The van der Waals surface area contributed by atoms with Crippen molar-refractivity contribution in [1.82, 2.24) is 10.2 Å². The molecule has 156 valence electrons. The Bertz CT molecular complexity index is 1000. The van der Waals surface area contributed by atoms with Crippen molar-refractivity contribution in [3.8, 4) is 0 Å². The van der Waals surface area contributed by atoms with Crippen molar-refractivity contribution in [1.29, 1.82) is 0 Å². The monoisotopic (exact) mass is 419 g/mol. The lowest BCUT2D eigenvalue weighted by Crippen LogP contribution is -2.47. The van der Waals surface area contributed by atoms with Crippen LogP contribution in [0.3, 0.4) is 0 Å². The third-order valence-electron chi connectivity index (χ3n) is 4.50. The highest BCUT2D eigenvalue weighted by molar-refractivity contribution is 6.22. The largest absolute Gasteiger partial charge is 0.471 e. The fraction of sp³-hybridized carbons (Fsp3) is 0.200. The van der Waals surface area contributed by atoms with Crippen LogP contribution in [0.15, 0.2) is 48.5 Å². The molecule has 7 nitrogen and oxygen atoms in total. The van der Waals surface area contributed by atoms with E-state index in [1.54, 1.807) is 17.4 Å². The maximum absolute atomic E-state index is 12.5. The molecule has 2 N–H and O–H groups in total. The van der Waals surface area contributed by atoms with Gasteiger partial charge in [-0.3, -0.25) is 24.1 Å². The van der Waals surface area contributed by atoms with Gasteiger partial charge in [0, 0.05) is 12.2 Å². The van der Waals surface area contributed by atoms with E-state index in [4.69, 9.17) is 0 Å². The molecule has 2 aromatic carbocycles. The Morgan fingerprint density at radius 1 is 1.00 bits per heavy atom. The second kappa shape index (κ2) is 7.97. The number of nitrogens with one attached hydrogen (secondary N) is 2. The Labute approximate surface area is 168 Å². The number of amides is 4. The van der Waals surface area contributed by atoms with Gasteiger partial charge in [-0.25, -0.2) is 0 Å². The molecule has 0 aliphatic carbocycles. The van der Waals surface area contributed by atoms with Gasteiger partial charge in [-0.2, -0.15) is 13.2 Å². The van der Waals surface area contributed by atoms with Gasteiger partial charge in [-0.1, -0.05) is 24.3 Å². The highest BCUT2D eigenvalue weighted by Crippen LogP contribution is 2.24. The molecule has 30 heavy (non-hydrogen) atoms. The molecular weight excluding hydrogens is 403 g/mol. The number of hydrogen-bond acceptors (Lipinski definition) is 4. The van der Waals surface area contributed by atoms with E-state index in [2.05, 4.69) is 5.32 Å². The molecule has 0 saturated carbocycles. The molecule has 1 unspecified atom stereocenters. The molecule has 1 aliphatic heterocycles. The molecule has 0 bridgehead atoms. The van der Waals surface area contributed by atoms with Crippen LogP contribution in [0.4, 0.5) is 18.9 Å². The number of alkyl halides is 3. The average molecular weight is 419 g/mol. The first kappa shape index (κ1) is 21.0. The fourth-order valence-corrected chi connectivity index (χ4v) is 2.97. The van der Waals surface area contributed by atoms with Gasteiger partial charge >= 0.3 is 12.1 Å². The molecule has 0 aromatic heterocycles. The van der Waals surface area contributed by atoms with Crippen LogP contribution in [0.25, 0.3) is 0 Å². The van der Waals surface area contributed by atoms with E-state index in [1.165, 1.54) is 43.3 Å². The lowest BCUT2D eigenvalue weighted by atomic mass is 10.1. The number of carbonyl (C=O) groups excluding carboxylic acids is 4. The first-order valence-corrected chi connectivity index (χ1v) is 8.81. The summed E-state index contributed by atoms with van der Waals surface area (Å²) in [4.78, 5) is 49.2. The smallest absolute Gasteiger partial charge is 0.350 e. The van der Waals surface area contributed by atoms with Crippen LogP contribution in [0.2, 0.25) is 0 Å². The van der Waals surface area contributed by atoms with Crippen LogP contribution in [-0.2, 0) is 16.1 Å². The van der Waals surface area contributed by atoms with Gasteiger partial charge in [-0.05, 0) is 36.8 Å². The normalized spacial score (nSPS) is 14.3. The van der Waals surface area contributed by atoms with Crippen LogP contribution in [0, 0.1) is 0 Å².